The molecule has 0 bridgehead atoms. The zero-order valence-corrected chi connectivity index (χ0v) is 48.0. The number of alkyl halides is 28. The van der Waals surface area contributed by atoms with Gasteiger partial charge >= 0.3 is 49.4 Å². The molecule has 0 saturated heterocycles. The van der Waals surface area contributed by atoms with Crippen molar-refractivity contribution >= 4 is 32.0 Å². The van der Waals surface area contributed by atoms with Gasteiger partial charge in [0.05, 0.1) is 65.3 Å². The number of likely N-dealkylation sites (N-methyl/N-ethyl adjacent to an activating group) is 1. The molecule has 0 amide bonds. The molecule has 0 aromatic heterocycles. The van der Waals surface area contributed by atoms with Gasteiger partial charge in [0.1, 0.15) is 6.54 Å². The second-order valence-corrected chi connectivity index (χ2v) is 25.8. The fraction of sp³-hybridized carbons (Fsp3) is 0.956. The second-order valence-electron chi connectivity index (χ2n) is 21.9. The Morgan fingerprint density at radius 1 is 0.368 bits per heavy atom. The summed E-state index contributed by atoms with van der Waals surface area (Å²) in [7, 11) is -2.22. The highest BCUT2D eigenvalue weighted by Crippen LogP contribution is 2.54. The molecular formula is C45H66F28N4O8S2. The molecular weight excluding hydrogens is 1320 g/mol. The molecule has 12 nitrogen and oxygen atoms in total. The first kappa shape index (κ1) is 85.8. The summed E-state index contributed by atoms with van der Waals surface area (Å²) in [5.74, 6) is -8.67. The quantitative estimate of drug-likeness (QED) is 0.0351. The summed E-state index contributed by atoms with van der Waals surface area (Å²) >= 11 is 0. The van der Waals surface area contributed by atoms with E-state index in [0.29, 0.717) is 0 Å². The van der Waals surface area contributed by atoms with Gasteiger partial charge < -0.3 is 28.8 Å². The highest BCUT2D eigenvalue weighted by Gasteiger charge is 2.75. The Hall–Kier alpha value is -3.28. The number of nitrogens with zero attached hydrogens (tertiary/aromatic N) is 2. The maximum atomic E-state index is 14.3. The van der Waals surface area contributed by atoms with E-state index in [1.807, 2.05) is 4.72 Å². The molecule has 522 valence electrons. The largest absolute Gasteiger partial charge is 0.550 e. The lowest BCUT2D eigenvalue weighted by Crippen LogP contribution is -2.54. The Morgan fingerprint density at radius 2 is 0.655 bits per heavy atom. The number of hydrogen-bond acceptors (Lipinski definition) is 8. The standard InChI is InChI=1S/C23H34F14N2O4S.C22H32F14N2O4S/c1-39(2,15-17(40)41)12-7-11-38-44(42,43)13-6-4-9-16(14-19(25,22(32,33)34)23(35,36)37)8-3-5-10-18(24,20(26,27)28)21(29,30)31;1-38(2,12-7-16(39)40)11-5-10-37-43(41,42)13-8-15(14-18(24,21(31,32)33)22(34,35)36)6-3-4-9-17(23,19(25,26)27)20(28,29)30/h16,38H,3-15H2,1-2H3;15,37H,3-14H2,1-2H3. The van der Waals surface area contributed by atoms with Gasteiger partial charge in [0, 0.05) is 51.2 Å². The van der Waals surface area contributed by atoms with E-state index >= 15 is 0 Å². The molecule has 2 atom stereocenters. The summed E-state index contributed by atoms with van der Waals surface area (Å²) in [5, 5.41) is 21.3. The summed E-state index contributed by atoms with van der Waals surface area (Å²) in [5.41, 5.74) is -23.1. The van der Waals surface area contributed by atoms with E-state index < -0.39 is 211 Å². The number of carbonyl (C=O) groups is 2. The van der Waals surface area contributed by atoms with Crippen molar-refractivity contribution in [1.29, 1.82) is 0 Å². The average Bonchev–Trinajstić information content (AvgIpc) is 1.17. The number of carbonyl (C=O) groups excluding carboxylic acids is 2. The number of nitrogens with one attached hydrogen (secondary N) is 2. The van der Waals surface area contributed by atoms with E-state index in [4.69, 9.17) is 0 Å². The summed E-state index contributed by atoms with van der Waals surface area (Å²) < 4.78 is 419. The van der Waals surface area contributed by atoms with Crippen LogP contribution in [0.25, 0.3) is 0 Å². The van der Waals surface area contributed by atoms with Crippen LogP contribution < -0.4 is 19.7 Å². The fourth-order valence-corrected chi connectivity index (χ4v) is 10.8. The van der Waals surface area contributed by atoms with Crippen molar-refractivity contribution in [3.63, 3.8) is 0 Å². The minimum absolute atomic E-state index is 0.0455. The Kier molecular flexibility index (Phi) is 31.4. The molecule has 0 radical (unpaired) electrons. The number of quaternary nitrogens is 2. The van der Waals surface area contributed by atoms with Crippen LogP contribution in [0.15, 0.2) is 0 Å². The Morgan fingerprint density at radius 3 is 0.954 bits per heavy atom. The maximum absolute atomic E-state index is 14.3. The van der Waals surface area contributed by atoms with Crippen molar-refractivity contribution in [3.8, 4) is 0 Å². The average molecular weight is 1390 g/mol. The molecule has 0 aromatic rings. The highest BCUT2D eigenvalue weighted by atomic mass is 32.2. The molecule has 0 heterocycles. The minimum Gasteiger partial charge on any atom is -0.550 e. The van der Waals surface area contributed by atoms with E-state index in [-0.39, 0.29) is 73.9 Å². The summed E-state index contributed by atoms with van der Waals surface area (Å²) in [6, 6.07) is 0. The van der Waals surface area contributed by atoms with Crippen LogP contribution >= 0.6 is 0 Å². The molecule has 0 aliphatic rings. The topological polar surface area (TPSA) is 173 Å². The third-order valence-corrected chi connectivity index (χ3v) is 16.5. The zero-order valence-electron chi connectivity index (χ0n) is 46.4. The lowest BCUT2D eigenvalue weighted by Gasteiger charge is -2.33. The molecule has 0 fully saturated rings. The number of rotatable bonds is 37. The van der Waals surface area contributed by atoms with Gasteiger partial charge in [-0.25, -0.2) is 43.8 Å². The lowest BCUT2D eigenvalue weighted by atomic mass is 9.83. The predicted molar refractivity (Wildman–Crippen MR) is 247 cm³/mol. The van der Waals surface area contributed by atoms with Crippen molar-refractivity contribution in [2.45, 2.75) is 181 Å². The van der Waals surface area contributed by atoms with Crippen LogP contribution in [0.2, 0.25) is 0 Å². The first-order valence-corrected chi connectivity index (χ1v) is 28.9. The molecule has 42 heteroatoms. The highest BCUT2D eigenvalue weighted by molar-refractivity contribution is 7.89. The van der Waals surface area contributed by atoms with Crippen molar-refractivity contribution in [3.05, 3.63) is 0 Å². The maximum Gasteiger partial charge on any atom is 0.431 e. The first-order valence-electron chi connectivity index (χ1n) is 25.6. The van der Waals surface area contributed by atoms with Gasteiger partial charge in [-0.3, -0.25) is 0 Å². The third kappa shape index (κ3) is 28.4. The molecule has 0 rings (SSSR count). The van der Waals surface area contributed by atoms with Crippen LogP contribution in [0.3, 0.4) is 0 Å². The Labute approximate surface area is 481 Å². The molecule has 2 N–H and O–H groups in total. The van der Waals surface area contributed by atoms with Gasteiger partial charge in [-0.1, -0.05) is 38.5 Å². The summed E-state index contributed by atoms with van der Waals surface area (Å²) in [6.45, 7) is -0.312. The van der Waals surface area contributed by atoms with E-state index in [2.05, 4.69) is 4.72 Å². The van der Waals surface area contributed by atoms with Crippen molar-refractivity contribution in [2.24, 2.45) is 11.8 Å². The van der Waals surface area contributed by atoms with Gasteiger partial charge in [0.2, 0.25) is 20.0 Å². The number of sulfonamides is 2. The fourth-order valence-electron chi connectivity index (χ4n) is 8.36. The predicted octanol–water partition coefficient (Wildman–Crippen LogP) is 10.7. The van der Waals surface area contributed by atoms with E-state index in [1.54, 1.807) is 14.1 Å². The van der Waals surface area contributed by atoms with Crippen LogP contribution in [0.4, 0.5) is 123 Å². The van der Waals surface area contributed by atoms with Crippen LogP contribution in [0.1, 0.15) is 109 Å². The SMILES string of the molecule is C[N+](C)(CCCNS(=O)(=O)CCC(CCCCC(F)(C(F)(F)F)C(F)(F)F)CC(F)(C(F)(F)F)C(F)(F)F)CCC(=O)[O-].C[N+](C)(CCCNS(=O)(=O)CCCCC(CCCCC(F)(C(F)(F)F)C(F)(F)F)CC(F)(C(F)(F)F)C(F)(F)F)CC(=O)[O-]. The third-order valence-electron chi connectivity index (χ3n) is 13.6. The van der Waals surface area contributed by atoms with Crippen LogP contribution in [-0.2, 0) is 29.6 Å². The number of carboxylic acids is 2. The van der Waals surface area contributed by atoms with Gasteiger partial charge in [-0.2, -0.15) is 105 Å². The van der Waals surface area contributed by atoms with Crippen molar-refractivity contribution < 1.29 is 169 Å². The Balaban J connectivity index is 0. The van der Waals surface area contributed by atoms with Gasteiger partial charge in [-0.05, 0) is 50.4 Å². The van der Waals surface area contributed by atoms with E-state index in [1.165, 1.54) is 14.1 Å². The lowest BCUT2D eigenvalue weighted by molar-refractivity contribution is -0.890. The van der Waals surface area contributed by atoms with Crippen LogP contribution in [0.5, 0.6) is 0 Å². The molecule has 0 aliphatic heterocycles. The van der Waals surface area contributed by atoms with Crippen molar-refractivity contribution in [1.82, 2.24) is 9.44 Å². The van der Waals surface area contributed by atoms with E-state index in [9.17, 15) is 160 Å². The smallest absolute Gasteiger partial charge is 0.431 e. The molecule has 0 saturated carbocycles. The molecule has 0 spiro atoms. The van der Waals surface area contributed by atoms with Gasteiger partial charge in [-0.15, -0.1) is 0 Å². The number of halogens is 28. The minimum atomic E-state index is -6.57. The zero-order chi connectivity index (χ0) is 69.4. The van der Waals surface area contributed by atoms with E-state index in [0.717, 1.165) is 0 Å². The number of carboxylic acid groups (broad SMARTS) is 2. The van der Waals surface area contributed by atoms with Crippen LogP contribution in [-0.4, -0.2) is 189 Å². The number of unbranched alkanes of at least 4 members (excludes halogenated alkanes) is 3. The van der Waals surface area contributed by atoms with Gasteiger partial charge in [0.15, 0.2) is 0 Å². The van der Waals surface area contributed by atoms with Gasteiger partial charge in [0.25, 0.3) is 22.7 Å². The van der Waals surface area contributed by atoms with Crippen molar-refractivity contribution in [2.75, 3.05) is 79.0 Å². The summed E-state index contributed by atoms with van der Waals surface area (Å²) in [4.78, 5) is 21.3. The first-order chi connectivity index (χ1) is 38.3. The number of hydrogen-bond donors (Lipinski definition) is 2. The molecule has 0 aromatic carbocycles. The molecule has 2 unspecified atom stereocenters. The normalized spacial score (nSPS) is 15.5. The molecule has 0 aliphatic carbocycles. The molecule has 87 heavy (non-hydrogen) atoms. The monoisotopic (exact) mass is 1390 g/mol. The Bertz CT molecular complexity index is 2260. The second kappa shape index (κ2) is 31.8. The van der Waals surface area contributed by atoms with Crippen LogP contribution in [0, 0.1) is 11.8 Å². The summed E-state index contributed by atoms with van der Waals surface area (Å²) in [6.07, 6.45) is -70.5. The number of aliphatic carboxylic acids is 2.